The number of pyridine rings is 1. The molecule has 0 aliphatic carbocycles. The van der Waals surface area contributed by atoms with Gasteiger partial charge in [0.05, 0.1) is 0 Å². The number of rotatable bonds is 3. The van der Waals surface area contributed by atoms with Gasteiger partial charge in [-0.3, -0.25) is 0 Å². The van der Waals surface area contributed by atoms with E-state index in [1.54, 1.807) is 30.1 Å². The average Bonchev–Trinajstić information content (AvgIpc) is 2.30. The van der Waals surface area contributed by atoms with Crippen molar-refractivity contribution in [3.8, 4) is 0 Å². The van der Waals surface area contributed by atoms with Gasteiger partial charge >= 0.3 is 0 Å². The average molecular weight is 285 g/mol. The van der Waals surface area contributed by atoms with E-state index in [2.05, 4.69) is 4.98 Å². The number of benzene rings is 1. The van der Waals surface area contributed by atoms with Gasteiger partial charge in [0.1, 0.15) is 5.15 Å². The van der Waals surface area contributed by atoms with Gasteiger partial charge in [0.25, 0.3) is 0 Å². The minimum atomic E-state index is 0.504. The molecule has 1 heterocycles. The van der Waals surface area contributed by atoms with Crippen LogP contribution in [0.4, 0.5) is 5.69 Å². The van der Waals surface area contributed by atoms with E-state index in [0.29, 0.717) is 15.9 Å². The Balaban J connectivity index is 2.04. The summed E-state index contributed by atoms with van der Waals surface area (Å²) in [6.07, 6.45) is 1.77. The highest BCUT2D eigenvalue weighted by Gasteiger charge is 2.02. The molecule has 2 aromatic rings. The van der Waals surface area contributed by atoms with Crippen LogP contribution in [0, 0.1) is 0 Å². The highest BCUT2D eigenvalue weighted by Crippen LogP contribution is 2.30. The zero-order chi connectivity index (χ0) is 12.3. The second-order valence-corrected chi connectivity index (χ2v) is 5.30. The van der Waals surface area contributed by atoms with Crippen LogP contribution < -0.4 is 5.73 Å². The van der Waals surface area contributed by atoms with Gasteiger partial charge in [0.2, 0.25) is 0 Å². The summed E-state index contributed by atoms with van der Waals surface area (Å²) in [6, 6.07) is 9.24. The monoisotopic (exact) mass is 284 g/mol. The number of hydrogen-bond donors (Lipinski definition) is 1. The fourth-order valence-corrected chi connectivity index (χ4v) is 2.48. The summed E-state index contributed by atoms with van der Waals surface area (Å²) in [6.45, 7) is 0. The summed E-state index contributed by atoms with van der Waals surface area (Å²) in [7, 11) is 0. The number of nitrogens with two attached hydrogens (primary N) is 1. The molecule has 2 nitrogen and oxygen atoms in total. The van der Waals surface area contributed by atoms with Crippen LogP contribution in [0.1, 0.15) is 5.56 Å². The quantitative estimate of drug-likeness (QED) is 0.520. The normalized spacial score (nSPS) is 10.5. The molecule has 5 heteroatoms. The van der Waals surface area contributed by atoms with Crippen molar-refractivity contribution in [2.24, 2.45) is 0 Å². The van der Waals surface area contributed by atoms with Crippen LogP contribution in [0.3, 0.4) is 0 Å². The summed E-state index contributed by atoms with van der Waals surface area (Å²) >= 11 is 13.2. The minimum Gasteiger partial charge on any atom is -0.398 e. The lowest BCUT2D eigenvalue weighted by Crippen LogP contribution is -1.89. The Morgan fingerprint density at radius 2 is 2.00 bits per heavy atom. The third-order valence-corrected chi connectivity index (χ3v) is 3.77. The van der Waals surface area contributed by atoms with Crippen LogP contribution in [0.5, 0.6) is 0 Å². The van der Waals surface area contributed by atoms with Crippen molar-refractivity contribution >= 4 is 40.7 Å². The van der Waals surface area contributed by atoms with E-state index in [4.69, 9.17) is 28.9 Å². The predicted octanol–water partition coefficient (Wildman–Crippen LogP) is 4.26. The topological polar surface area (TPSA) is 38.9 Å². The summed E-state index contributed by atoms with van der Waals surface area (Å²) in [5.74, 6) is 0.802. The van der Waals surface area contributed by atoms with Crippen molar-refractivity contribution in [2.45, 2.75) is 10.6 Å². The molecule has 0 bridgehead atoms. The van der Waals surface area contributed by atoms with Crippen molar-refractivity contribution in [2.75, 3.05) is 5.73 Å². The first-order chi connectivity index (χ1) is 8.15. The van der Waals surface area contributed by atoms with E-state index >= 15 is 0 Å². The number of nitrogen functional groups attached to an aromatic ring is 1. The molecule has 0 unspecified atom stereocenters. The van der Waals surface area contributed by atoms with Gasteiger partial charge in [0.15, 0.2) is 0 Å². The molecule has 0 aliphatic rings. The van der Waals surface area contributed by atoms with Crippen LogP contribution in [-0.2, 0) is 5.75 Å². The molecule has 1 aromatic heterocycles. The van der Waals surface area contributed by atoms with E-state index in [1.165, 1.54) is 0 Å². The molecule has 0 aliphatic heterocycles. The third-order valence-electron chi connectivity index (χ3n) is 2.15. The van der Waals surface area contributed by atoms with Crippen molar-refractivity contribution in [3.63, 3.8) is 0 Å². The van der Waals surface area contributed by atoms with Crippen molar-refractivity contribution in [1.82, 2.24) is 4.98 Å². The van der Waals surface area contributed by atoms with E-state index in [9.17, 15) is 0 Å². The standard InChI is InChI=1S/C12H10Cl2N2S/c13-9-2-3-11(10(15)5-9)17-7-8-1-4-12(14)16-6-8/h1-6H,7,15H2. The Kier molecular flexibility index (Phi) is 4.15. The summed E-state index contributed by atoms with van der Waals surface area (Å²) < 4.78 is 0. The number of nitrogens with zero attached hydrogens (tertiary/aromatic N) is 1. The van der Waals surface area contributed by atoms with Gasteiger partial charge in [-0.1, -0.05) is 29.3 Å². The van der Waals surface area contributed by atoms with Gasteiger partial charge in [-0.25, -0.2) is 4.98 Å². The molecule has 2 N–H and O–H groups in total. The molecule has 0 saturated heterocycles. The summed E-state index contributed by atoms with van der Waals surface area (Å²) in [4.78, 5) is 5.05. The molecule has 0 amide bonds. The fraction of sp³-hybridized carbons (Fsp3) is 0.0833. The number of hydrogen-bond acceptors (Lipinski definition) is 3. The highest BCUT2D eigenvalue weighted by atomic mass is 35.5. The van der Waals surface area contributed by atoms with E-state index in [1.807, 2.05) is 18.2 Å². The maximum Gasteiger partial charge on any atom is 0.129 e. The maximum absolute atomic E-state index is 5.87. The van der Waals surface area contributed by atoms with E-state index in [-0.39, 0.29) is 0 Å². The predicted molar refractivity (Wildman–Crippen MR) is 74.7 cm³/mol. The Morgan fingerprint density at radius 3 is 2.65 bits per heavy atom. The molecule has 0 fully saturated rings. The van der Waals surface area contributed by atoms with E-state index < -0.39 is 0 Å². The molecular weight excluding hydrogens is 275 g/mol. The fourth-order valence-electron chi connectivity index (χ4n) is 1.30. The number of halogens is 2. The summed E-state index contributed by atoms with van der Waals surface area (Å²) in [5, 5.41) is 1.16. The largest absolute Gasteiger partial charge is 0.398 e. The first-order valence-corrected chi connectivity index (χ1v) is 6.67. The summed E-state index contributed by atoms with van der Waals surface area (Å²) in [5.41, 5.74) is 7.67. The molecule has 17 heavy (non-hydrogen) atoms. The third kappa shape index (κ3) is 3.53. The van der Waals surface area contributed by atoms with Gasteiger partial charge in [-0.05, 0) is 29.8 Å². The van der Waals surface area contributed by atoms with Crippen LogP contribution in [-0.4, -0.2) is 4.98 Å². The van der Waals surface area contributed by atoms with E-state index in [0.717, 1.165) is 16.2 Å². The van der Waals surface area contributed by atoms with Crippen molar-refractivity contribution in [1.29, 1.82) is 0 Å². The Bertz CT molecular complexity index is 514. The second-order valence-electron chi connectivity index (χ2n) is 3.46. The molecule has 1 aromatic carbocycles. The maximum atomic E-state index is 5.87. The van der Waals surface area contributed by atoms with Gasteiger partial charge in [-0.2, -0.15) is 0 Å². The Morgan fingerprint density at radius 1 is 1.18 bits per heavy atom. The Hall–Kier alpha value is -0.900. The van der Waals surface area contributed by atoms with Gasteiger partial charge in [0, 0.05) is 27.6 Å². The van der Waals surface area contributed by atoms with Crippen LogP contribution in [0.25, 0.3) is 0 Å². The molecule has 0 atom stereocenters. The first kappa shape index (κ1) is 12.6. The zero-order valence-corrected chi connectivity index (χ0v) is 11.2. The van der Waals surface area contributed by atoms with Crippen molar-refractivity contribution in [3.05, 3.63) is 52.3 Å². The molecule has 2 rings (SSSR count). The number of anilines is 1. The molecule has 0 saturated carbocycles. The molecule has 0 radical (unpaired) electrons. The highest BCUT2D eigenvalue weighted by molar-refractivity contribution is 7.98. The van der Waals surface area contributed by atoms with Gasteiger partial charge in [-0.15, -0.1) is 11.8 Å². The van der Waals surface area contributed by atoms with Gasteiger partial charge < -0.3 is 5.73 Å². The Labute approximate surface area is 114 Å². The lowest BCUT2D eigenvalue weighted by molar-refractivity contribution is 1.25. The lowest BCUT2D eigenvalue weighted by Gasteiger charge is -2.05. The van der Waals surface area contributed by atoms with Crippen LogP contribution in [0.2, 0.25) is 10.2 Å². The SMILES string of the molecule is Nc1cc(Cl)ccc1SCc1ccc(Cl)nc1. The number of aromatic nitrogens is 1. The minimum absolute atomic E-state index is 0.504. The first-order valence-electron chi connectivity index (χ1n) is 4.93. The second kappa shape index (κ2) is 5.63. The van der Waals surface area contributed by atoms with Crippen LogP contribution in [0.15, 0.2) is 41.4 Å². The lowest BCUT2D eigenvalue weighted by atomic mass is 10.3. The smallest absolute Gasteiger partial charge is 0.129 e. The van der Waals surface area contributed by atoms with Crippen molar-refractivity contribution < 1.29 is 0 Å². The van der Waals surface area contributed by atoms with Crippen LogP contribution >= 0.6 is 35.0 Å². The molecular formula is C12H10Cl2N2S. The molecule has 88 valence electrons. The zero-order valence-electron chi connectivity index (χ0n) is 8.86. The molecule has 0 spiro atoms. The number of thioether (sulfide) groups is 1.